The minimum Gasteiger partial charge on any atom is -0.391 e. The van der Waals surface area contributed by atoms with Gasteiger partial charge < -0.3 is 5.11 Å². The maximum absolute atomic E-state index is 13.5. The molecule has 0 bridgehead atoms. The Morgan fingerprint density at radius 2 is 1.71 bits per heavy atom. The van der Waals surface area contributed by atoms with Gasteiger partial charge in [0, 0.05) is 42.8 Å². The van der Waals surface area contributed by atoms with Crippen molar-refractivity contribution < 1.29 is 13.9 Å². The molecule has 0 spiro atoms. The molecule has 2 heterocycles. The Balaban J connectivity index is 1.64. The molecule has 1 N–H and O–H groups in total. The Bertz CT molecular complexity index is 1120. The zero-order valence-electron chi connectivity index (χ0n) is 17.2. The Morgan fingerprint density at radius 3 is 2.35 bits per heavy atom. The van der Waals surface area contributed by atoms with Crippen molar-refractivity contribution in [3.05, 3.63) is 91.9 Å². The summed E-state index contributed by atoms with van der Waals surface area (Å²) in [5.74, 6) is -1.22. The van der Waals surface area contributed by atoms with Gasteiger partial charge in [-0.1, -0.05) is 23.7 Å². The maximum Gasteiger partial charge on any atom is 0.271 e. The SMILES string of the molecule is C[C@H](O)Cn1c2c(c(=O)n1Cc1ccc(Cl)cc1)CN(Cc1cc(F)cc(F)c1)CC2. The van der Waals surface area contributed by atoms with Crippen molar-refractivity contribution in [2.75, 3.05) is 6.54 Å². The molecule has 4 rings (SSSR count). The largest absolute Gasteiger partial charge is 0.391 e. The summed E-state index contributed by atoms with van der Waals surface area (Å²) in [6.07, 6.45) is 0.00330. The Labute approximate surface area is 184 Å². The van der Waals surface area contributed by atoms with Crippen LogP contribution in [0.5, 0.6) is 0 Å². The highest BCUT2D eigenvalue weighted by molar-refractivity contribution is 6.30. The van der Waals surface area contributed by atoms with Crippen molar-refractivity contribution in [3.8, 4) is 0 Å². The van der Waals surface area contributed by atoms with Gasteiger partial charge in [0.05, 0.1) is 24.8 Å². The summed E-state index contributed by atoms with van der Waals surface area (Å²) in [6, 6.07) is 10.8. The summed E-state index contributed by atoms with van der Waals surface area (Å²) in [5.41, 5.74) is 2.92. The number of aromatic nitrogens is 2. The van der Waals surface area contributed by atoms with Crippen molar-refractivity contribution in [1.29, 1.82) is 0 Å². The van der Waals surface area contributed by atoms with E-state index in [0.29, 0.717) is 55.3 Å². The first-order valence-electron chi connectivity index (χ1n) is 10.2. The number of aliphatic hydroxyl groups excluding tert-OH is 1. The predicted molar refractivity (Wildman–Crippen MR) is 115 cm³/mol. The normalized spacial score (nSPS) is 15.1. The highest BCUT2D eigenvalue weighted by atomic mass is 35.5. The third-order valence-electron chi connectivity index (χ3n) is 5.50. The van der Waals surface area contributed by atoms with E-state index in [4.69, 9.17) is 11.6 Å². The van der Waals surface area contributed by atoms with E-state index in [1.54, 1.807) is 23.7 Å². The number of benzene rings is 2. The molecule has 1 aromatic heterocycles. The van der Waals surface area contributed by atoms with Gasteiger partial charge in [-0.15, -0.1) is 0 Å². The van der Waals surface area contributed by atoms with E-state index < -0.39 is 17.7 Å². The van der Waals surface area contributed by atoms with Crippen LogP contribution < -0.4 is 5.56 Å². The molecule has 1 atom stereocenters. The van der Waals surface area contributed by atoms with Crippen LogP contribution >= 0.6 is 11.6 Å². The fourth-order valence-electron chi connectivity index (χ4n) is 4.17. The van der Waals surface area contributed by atoms with Crippen molar-refractivity contribution in [3.63, 3.8) is 0 Å². The van der Waals surface area contributed by atoms with Crippen molar-refractivity contribution in [1.82, 2.24) is 14.3 Å². The summed E-state index contributed by atoms with van der Waals surface area (Å²) < 4.78 is 30.6. The number of halogens is 3. The first-order valence-corrected chi connectivity index (χ1v) is 10.6. The molecule has 2 aromatic carbocycles. The Kier molecular flexibility index (Phi) is 6.27. The molecule has 1 aliphatic rings. The lowest BCUT2D eigenvalue weighted by molar-refractivity contribution is 0.158. The summed E-state index contributed by atoms with van der Waals surface area (Å²) in [5, 5.41) is 10.6. The first kappa shape index (κ1) is 21.7. The average molecular weight is 448 g/mol. The monoisotopic (exact) mass is 447 g/mol. The van der Waals surface area contributed by atoms with Crippen molar-refractivity contribution in [2.24, 2.45) is 0 Å². The van der Waals surface area contributed by atoms with Gasteiger partial charge in [0.1, 0.15) is 11.6 Å². The second-order valence-electron chi connectivity index (χ2n) is 8.08. The lowest BCUT2D eigenvalue weighted by atomic mass is 10.1. The second-order valence-corrected chi connectivity index (χ2v) is 8.52. The van der Waals surface area contributed by atoms with E-state index in [0.717, 1.165) is 17.3 Å². The molecular formula is C23H24ClF2N3O2. The van der Waals surface area contributed by atoms with Crippen LogP contribution in [0.2, 0.25) is 5.02 Å². The van der Waals surface area contributed by atoms with E-state index >= 15 is 0 Å². The third-order valence-corrected chi connectivity index (χ3v) is 5.75. The maximum atomic E-state index is 13.5. The van der Waals surface area contributed by atoms with E-state index in [1.165, 1.54) is 12.1 Å². The molecule has 0 saturated carbocycles. The average Bonchev–Trinajstić information content (AvgIpc) is 2.94. The number of hydrogen-bond acceptors (Lipinski definition) is 3. The molecule has 5 nitrogen and oxygen atoms in total. The van der Waals surface area contributed by atoms with Crippen LogP contribution in [0, 0.1) is 11.6 Å². The van der Waals surface area contributed by atoms with Gasteiger partial charge >= 0.3 is 0 Å². The summed E-state index contributed by atoms with van der Waals surface area (Å²) in [6.45, 7) is 3.76. The summed E-state index contributed by atoms with van der Waals surface area (Å²) in [4.78, 5) is 15.3. The van der Waals surface area contributed by atoms with E-state index in [2.05, 4.69) is 0 Å². The molecule has 31 heavy (non-hydrogen) atoms. The molecule has 164 valence electrons. The third kappa shape index (κ3) is 4.89. The van der Waals surface area contributed by atoms with Gasteiger partial charge in [0.2, 0.25) is 0 Å². The van der Waals surface area contributed by atoms with Crippen LogP contribution in [0.3, 0.4) is 0 Å². The molecule has 8 heteroatoms. The molecule has 0 saturated heterocycles. The topological polar surface area (TPSA) is 50.4 Å². The lowest BCUT2D eigenvalue weighted by Crippen LogP contribution is -2.32. The zero-order chi connectivity index (χ0) is 22.1. The lowest BCUT2D eigenvalue weighted by Gasteiger charge is -2.27. The fourth-order valence-corrected chi connectivity index (χ4v) is 4.30. The zero-order valence-corrected chi connectivity index (χ0v) is 17.9. The van der Waals surface area contributed by atoms with Gasteiger partial charge in [0.25, 0.3) is 5.56 Å². The number of fused-ring (bicyclic) bond motifs is 1. The quantitative estimate of drug-likeness (QED) is 0.628. The van der Waals surface area contributed by atoms with E-state index in [1.807, 2.05) is 21.7 Å². The molecule has 0 fully saturated rings. The van der Waals surface area contributed by atoms with E-state index in [-0.39, 0.29) is 5.56 Å². The van der Waals surface area contributed by atoms with Gasteiger partial charge in [-0.3, -0.25) is 14.4 Å². The number of nitrogens with zero attached hydrogens (tertiary/aromatic N) is 3. The van der Waals surface area contributed by atoms with Crippen LogP contribution in [-0.2, 0) is 32.6 Å². The highest BCUT2D eigenvalue weighted by Gasteiger charge is 2.27. The van der Waals surface area contributed by atoms with Crippen LogP contribution in [0.4, 0.5) is 8.78 Å². The molecule has 1 aliphatic heterocycles. The first-order chi connectivity index (χ1) is 14.8. The van der Waals surface area contributed by atoms with Crippen LogP contribution in [0.15, 0.2) is 47.3 Å². The summed E-state index contributed by atoms with van der Waals surface area (Å²) in [7, 11) is 0. The number of rotatable bonds is 6. The number of hydrogen-bond donors (Lipinski definition) is 1. The Hall–Kier alpha value is -2.48. The minimum atomic E-state index is -0.610. The summed E-state index contributed by atoms with van der Waals surface area (Å²) >= 11 is 5.97. The highest BCUT2D eigenvalue weighted by Crippen LogP contribution is 2.21. The molecule has 0 amide bonds. The number of aliphatic hydroxyl groups is 1. The van der Waals surface area contributed by atoms with E-state index in [9.17, 15) is 18.7 Å². The molecule has 0 unspecified atom stereocenters. The second kappa shape index (κ2) is 8.94. The predicted octanol–water partition coefficient (Wildman–Crippen LogP) is 3.57. The van der Waals surface area contributed by atoms with Gasteiger partial charge in [-0.2, -0.15) is 0 Å². The van der Waals surface area contributed by atoms with Gasteiger partial charge in [-0.25, -0.2) is 13.5 Å². The minimum absolute atomic E-state index is 0.110. The standard InChI is InChI=1S/C23H24ClF2N3O2/c1-15(30)11-28-22-6-7-27(12-17-8-19(25)10-20(26)9-17)14-21(22)23(31)29(28)13-16-2-4-18(24)5-3-16/h2-5,8-10,15,30H,6-7,11-14H2,1H3/t15-/m0/s1. The van der Waals surface area contributed by atoms with Crippen LogP contribution in [0.1, 0.15) is 29.3 Å². The molecule has 0 aliphatic carbocycles. The van der Waals surface area contributed by atoms with Crippen LogP contribution in [-0.4, -0.2) is 32.0 Å². The van der Waals surface area contributed by atoms with Crippen molar-refractivity contribution in [2.45, 2.75) is 45.6 Å². The van der Waals surface area contributed by atoms with Gasteiger partial charge in [-0.05, 0) is 42.3 Å². The molecule has 3 aromatic rings. The van der Waals surface area contributed by atoms with Crippen molar-refractivity contribution >= 4 is 11.6 Å². The fraction of sp³-hybridized carbons (Fsp3) is 0.348. The van der Waals surface area contributed by atoms with Gasteiger partial charge in [0.15, 0.2) is 0 Å². The smallest absolute Gasteiger partial charge is 0.271 e. The Morgan fingerprint density at radius 1 is 1.03 bits per heavy atom. The molecule has 0 radical (unpaired) electrons. The molecular weight excluding hydrogens is 424 g/mol. The van der Waals surface area contributed by atoms with Crippen LogP contribution in [0.25, 0.3) is 0 Å².